The lowest BCUT2D eigenvalue weighted by Gasteiger charge is -2.34. The van der Waals surface area contributed by atoms with Gasteiger partial charge in [-0.3, -0.25) is 4.90 Å². The number of hydrogen-bond donors (Lipinski definition) is 2. The normalized spacial score (nSPS) is 17.7. The minimum atomic E-state index is 0.302. The molecule has 0 atom stereocenters. The van der Waals surface area contributed by atoms with E-state index >= 15 is 0 Å². The first kappa shape index (κ1) is 13.5. The fourth-order valence-electron chi connectivity index (χ4n) is 2.16. The Kier molecular flexibility index (Phi) is 4.91. The van der Waals surface area contributed by atoms with Gasteiger partial charge in [-0.25, -0.2) is 9.97 Å². The zero-order valence-corrected chi connectivity index (χ0v) is 10.9. The third-order valence-electron chi connectivity index (χ3n) is 3.24. The van der Waals surface area contributed by atoms with E-state index in [0.29, 0.717) is 12.3 Å². The van der Waals surface area contributed by atoms with Crippen molar-refractivity contribution in [2.45, 2.75) is 12.8 Å². The molecule has 1 aromatic heterocycles. The van der Waals surface area contributed by atoms with Crippen LogP contribution in [0.1, 0.15) is 12.8 Å². The largest absolute Gasteiger partial charge is 0.409 e. The second-order valence-electron chi connectivity index (χ2n) is 4.57. The zero-order chi connectivity index (χ0) is 13.5. The molecule has 0 amide bonds. The van der Waals surface area contributed by atoms with Gasteiger partial charge in [-0.15, -0.1) is 0 Å². The molecule has 0 radical (unpaired) electrons. The van der Waals surface area contributed by atoms with Crippen molar-refractivity contribution in [1.29, 1.82) is 0 Å². The predicted octanol–water partition coefficient (Wildman–Crippen LogP) is 0.125. The second-order valence-corrected chi connectivity index (χ2v) is 4.57. The fraction of sp³-hybridized carbons (Fsp3) is 0.583. The molecular weight excluding hydrogens is 244 g/mol. The van der Waals surface area contributed by atoms with Gasteiger partial charge in [0.2, 0.25) is 5.95 Å². The van der Waals surface area contributed by atoms with Crippen LogP contribution in [-0.4, -0.2) is 58.6 Å². The Morgan fingerprint density at radius 1 is 1.26 bits per heavy atom. The van der Waals surface area contributed by atoms with Crippen molar-refractivity contribution in [1.82, 2.24) is 14.9 Å². The van der Waals surface area contributed by atoms with E-state index in [1.54, 1.807) is 12.4 Å². The molecule has 7 nitrogen and oxygen atoms in total. The van der Waals surface area contributed by atoms with Gasteiger partial charge in [-0.05, 0) is 19.0 Å². The number of nitrogens with two attached hydrogens (primary N) is 1. The summed E-state index contributed by atoms with van der Waals surface area (Å²) in [5.41, 5.74) is 5.44. The summed E-state index contributed by atoms with van der Waals surface area (Å²) < 4.78 is 0. The molecule has 1 fully saturated rings. The summed E-state index contributed by atoms with van der Waals surface area (Å²) >= 11 is 0. The minimum absolute atomic E-state index is 0.302. The van der Waals surface area contributed by atoms with E-state index in [9.17, 15) is 0 Å². The first-order chi connectivity index (χ1) is 9.29. The van der Waals surface area contributed by atoms with Gasteiger partial charge in [0.1, 0.15) is 5.84 Å². The summed E-state index contributed by atoms with van der Waals surface area (Å²) in [4.78, 5) is 13.1. The molecule has 1 aliphatic heterocycles. The van der Waals surface area contributed by atoms with Crippen LogP contribution in [0.3, 0.4) is 0 Å². The quantitative estimate of drug-likeness (QED) is 0.340. The van der Waals surface area contributed by atoms with Gasteiger partial charge in [0.15, 0.2) is 0 Å². The van der Waals surface area contributed by atoms with Crippen LogP contribution in [0.2, 0.25) is 0 Å². The summed E-state index contributed by atoms with van der Waals surface area (Å²) in [5, 5.41) is 11.4. The van der Waals surface area contributed by atoms with Gasteiger partial charge in [0.25, 0.3) is 0 Å². The Morgan fingerprint density at radius 2 is 1.95 bits per heavy atom. The molecule has 19 heavy (non-hydrogen) atoms. The first-order valence-electron chi connectivity index (χ1n) is 6.50. The number of amidine groups is 1. The van der Waals surface area contributed by atoms with Crippen LogP contribution >= 0.6 is 0 Å². The average molecular weight is 264 g/mol. The van der Waals surface area contributed by atoms with Crippen LogP contribution < -0.4 is 10.6 Å². The SMILES string of the molecule is N/C(CCCN1CCN(c2ncccn2)CC1)=N\O. The van der Waals surface area contributed by atoms with E-state index in [1.807, 2.05) is 6.07 Å². The standard InChI is InChI=1S/C12H20N6O/c13-11(16-19)3-1-6-17-7-9-18(10-8-17)12-14-4-2-5-15-12/h2,4-5,19H,1,3,6-10H2,(H2,13,16). The second kappa shape index (κ2) is 6.89. The Labute approximate surface area is 112 Å². The summed E-state index contributed by atoms with van der Waals surface area (Å²) in [6.07, 6.45) is 5.09. The van der Waals surface area contributed by atoms with E-state index in [-0.39, 0.29) is 0 Å². The van der Waals surface area contributed by atoms with Gasteiger partial charge in [-0.2, -0.15) is 0 Å². The predicted molar refractivity (Wildman–Crippen MR) is 73.3 cm³/mol. The van der Waals surface area contributed by atoms with E-state index < -0.39 is 0 Å². The molecule has 2 rings (SSSR count). The maximum atomic E-state index is 8.46. The molecule has 0 saturated carbocycles. The number of hydrogen-bond acceptors (Lipinski definition) is 6. The molecule has 2 heterocycles. The highest BCUT2D eigenvalue weighted by molar-refractivity contribution is 5.79. The molecule has 0 spiro atoms. The number of aromatic nitrogens is 2. The summed E-state index contributed by atoms with van der Waals surface area (Å²) in [6.45, 7) is 4.84. The third kappa shape index (κ3) is 4.06. The number of anilines is 1. The lowest BCUT2D eigenvalue weighted by molar-refractivity contribution is 0.254. The summed E-state index contributed by atoms with van der Waals surface area (Å²) in [6, 6.07) is 1.83. The first-order valence-corrected chi connectivity index (χ1v) is 6.50. The molecule has 0 bridgehead atoms. The highest BCUT2D eigenvalue weighted by Crippen LogP contribution is 2.10. The third-order valence-corrected chi connectivity index (χ3v) is 3.24. The molecule has 104 valence electrons. The van der Waals surface area contributed by atoms with Crippen molar-refractivity contribution in [3.63, 3.8) is 0 Å². The minimum Gasteiger partial charge on any atom is -0.409 e. The molecule has 1 saturated heterocycles. The van der Waals surface area contributed by atoms with Crippen LogP contribution in [-0.2, 0) is 0 Å². The highest BCUT2D eigenvalue weighted by atomic mass is 16.4. The number of nitrogens with zero attached hydrogens (tertiary/aromatic N) is 5. The molecule has 1 aliphatic rings. The Morgan fingerprint density at radius 3 is 2.58 bits per heavy atom. The molecule has 7 heteroatoms. The van der Waals surface area contributed by atoms with Gasteiger partial charge < -0.3 is 15.8 Å². The van der Waals surface area contributed by atoms with Crippen LogP contribution in [0.4, 0.5) is 5.95 Å². The van der Waals surface area contributed by atoms with Gasteiger partial charge in [0.05, 0.1) is 0 Å². The molecule has 1 aromatic rings. The summed E-state index contributed by atoms with van der Waals surface area (Å²) in [7, 11) is 0. The van der Waals surface area contributed by atoms with E-state index in [4.69, 9.17) is 10.9 Å². The number of rotatable bonds is 5. The molecule has 0 unspecified atom stereocenters. The van der Waals surface area contributed by atoms with Crippen LogP contribution in [0, 0.1) is 0 Å². The summed E-state index contributed by atoms with van der Waals surface area (Å²) in [5.74, 6) is 1.11. The van der Waals surface area contributed by atoms with Crippen molar-refractivity contribution >= 4 is 11.8 Å². The Hall–Kier alpha value is -1.89. The smallest absolute Gasteiger partial charge is 0.225 e. The average Bonchev–Trinajstić information content (AvgIpc) is 2.48. The van der Waals surface area contributed by atoms with Crippen LogP contribution in [0.5, 0.6) is 0 Å². The van der Waals surface area contributed by atoms with Crippen molar-refractivity contribution < 1.29 is 5.21 Å². The monoisotopic (exact) mass is 264 g/mol. The topological polar surface area (TPSA) is 90.9 Å². The maximum Gasteiger partial charge on any atom is 0.225 e. The van der Waals surface area contributed by atoms with E-state index in [1.165, 1.54) is 0 Å². The fourth-order valence-corrected chi connectivity index (χ4v) is 2.16. The molecular formula is C12H20N6O. The van der Waals surface area contributed by atoms with Crippen LogP contribution in [0.15, 0.2) is 23.6 Å². The van der Waals surface area contributed by atoms with Crippen molar-refractivity contribution in [3.8, 4) is 0 Å². The number of piperazine rings is 1. The van der Waals surface area contributed by atoms with Gasteiger partial charge in [-0.1, -0.05) is 5.16 Å². The lowest BCUT2D eigenvalue weighted by Crippen LogP contribution is -2.47. The number of oxime groups is 1. The van der Waals surface area contributed by atoms with Crippen LogP contribution in [0.25, 0.3) is 0 Å². The van der Waals surface area contributed by atoms with Gasteiger partial charge in [0, 0.05) is 45.0 Å². The Balaban J connectivity index is 1.71. The lowest BCUT2D eigenvalue weighted by atomic mass is 10.2. The van der Waals surface area contributed by atoms with Crippen molar-refractivity contribution in [2.75, 3.05) is 37.6 Å². The highest BCUT2D eigenvalue weighted by Gasteiger charge is 2.18. The van der Waals surface area contributed by atoms with E-state index in [2.05, 4.69) is 24.9 Å². The molecule has 0 aliphatic carbocycles. The Bertz CT molecular complexity index is 402. The molecule has 0 aromatic carbocycles. The molecule has 3 N–H and O–H groups in total. The van der Waals surface area contributed by atoms with Crippen molar-refractivity contribution in [3.05, 3.63) is 18.5 Å². The zero-order valence-electron chi connectivity index (χ0n) is 10.9. The van der Waals surface area contributed by atoms with Gasteiger partial charge >= 0.3 is 0 Å². The maximum absolute atomic E-state index is 8.46. The van der Waals surface area contributed by atoms with Crippen molar-refractivity contribution in [2.24, 2.45) is 10.9 Å². The van der Waals surface area contributed by atoms with E-state index in [0.717, 1.165) is 45.1 Å².